The van der Waals surface area contributed by atoms with Crippen LogP contribution in [0.15, 0.2) is 18.2 Å². The standard InChI is InChI=1S/C23H31N3O2/c1-15-10-16(2)21-18(11-15)19(12-20(26-21)17-4-5-17)22(27)25-13-23(14-28-3)6-8-24-9-7-23/h10-12,17,24H,4-9,13-14H2,1-3H3,(H,25,27). The highest BCUT2D eigenvalue weighted by Gasteiger charge is 2.33. The maximum atomic E-state index is 13.3. The lowest BCUT2D eigenvalue weighted by molar-refractivity contribution is 0.0512. The molecule has 2 N–H and O–H groups in total. The summed E-state index contributed by atoms with van der Waals surface area (Å²) < 4.78 is 5.49. The van der Waals surface area contributed by atoms with Gasteiger partial charge in [-0.2, -0.15) is 0 Å². The maximum absolute atomic E-state index is 13.3. The number of aryl methyl sites for hydroxylation is 2. The number of carbonyl (C=O) groups excluding carboxylic acids is 1. The first-order valence-corrected chi connectivity index (χ1v) is 10.4. The van der Waals surface area contributed by atoms with E-state index in [1.807, 2.05) is 6.07 Å². The molecule has 5 nitrogen and oxygen atoms in total. The van der Waals surface area contributed by atoms with Crippen molar-refractivity contribution in [3.8, 4) is 0 Å². The number of hydrogen-bond donors (Lipinski definition) is 2. The normalized spacial score (nSPS) is 19.0. The van der Waals surface area contributed by atoms with Crippen LogP contribution in [0, 0.1) is 19.3 Å². The van der Waals surface area contributed by atoms with Crippen LogP contribution in [0.2, 0.25) is 0 Å². The molecule has 150 valence electrons. The van der Waals surface area contributed by atoms with Crippen molar-refractivity contribution in [1.82, 2.24) is 15.6 Å². The second kappa shape index (κ2) is 7.80. The lowest BCUT2D eigenvalue weighted by Crippen LogP contribution is -2.47. The first-order chi connectivity index (χ1) is 13.5. The van der Waals surface area contributed by atoms with Gasteiger partial charge in [0.05, 0.1) is 17.7 Å². The number of methoxy groups -OCH3 is 1. The van der Waals surface area contributed by atoms with Crippen LogP contribution in [0.1, 0.15) is 58.8 Å². The number of piperidine rings is 1. The summed E-state index contributed by atoms with van der Waals surface area (Å²) in [6.45, 7) is 7.43. The number of aromatic nitrogens is 1. The van der Waals surface area contributed by atoms with Gasteiger partial charge in [0, 0.05) is 36.1 Å². The lowest BCUT2D eigenvalue weighted by atomic mass is 9.79. The Hall–Kier alpha value is -1.98. The number of hydrogen-bond acceptors (Lipinski definition) is 4. The minimum absolute atomic E-state index is 0.00770. The van der Waals surface area contributed by atoms with Crippen molar-refractivity contribution in [2.24, 2.45) is 5.41 Å². The molecular weight excluding hydrogens is 350 g/mol. The molecule has 2 fully saturated rings. The van der Waals surface area contributed by atoms with Crippen molar-refractivity contribution in [2.45, 2.75) is 45.4 Å². The molecule has 1 aromatic heterocycles. The average Bonchev–Trinajstić information content (AvgIpc) is 3.52. The zero-order valence-electron chi connectivity index (χ0n) is 17.2. The van der Waals surface area contributed by atoms with Gasteiger partial charge in [-0.15, -0.1) is 0 Å². The van der Waals surface area contributed by atoms with Crippen molar-refractivity contribution in [3.05, 3.63) is 40.6 Å². The quantitative estimate of drug-likeness (QED) is 0.804. The van der Waals surface area contributed by atoms with Gasteiger partial charge in [-0.25, -0.2) is 0 Å². The summed E-state index contributed by atoms with van der Waals surface area (Å²) in [4.78, 5) is 18.2. The molecular formula is C23H31N3O2. The van der Waals surface area contributed by atoms with Crippen LogP contribution in [-0.4, -0.2) is 44.2 Å². The van der Waals surface area contributed by atoms with E-state index < -0.39 is 0 Å². The van der Waals surface area contributed by atoms with Crippen molar-refractivity contribution in [2.75, 3.05) is 33.4 Å². The summed E-state index contributed by atoms with van der Waals surface area (Å²) in [5, 5.41) is 7.61. The van der Waals surface area contributed by atoms with Gasteiger partial charge in [0.15, 0.2) is 0 Å². The van der Waals surface area contributed by atoms with E-state index >= 15 is 0 Å². The Bertz CT molecular complexity index is 878. The largest absolute Gasteiger partial charge is 0.384 e. The predicted molar refractivity (Wildman–Crippen MR) is 112 cm³/mol. The summed E-state index contributed by atoms with van der Waals surface area (Å²) in [5.41, 5.74) is 5.12. The van der Waals surface area contributed by atoms with E-state index in [4.69, 9.17) is 9.72 Å². The molecule has 28 heavy (non-hydrogen) atoms. The molecule has 0 bridgehead atoms. The molecule has 0 unspecified atom stereocenters. The van der Waals surface area contributed by atoms with E-state index in [1.54, 1.807) is 7.11 Å². The van der Waals surface area contributed by atoms with Gasteiger partial charge >= 0.3 is 0 Å². The number of fused-ring (bicyclic) bond motifs is 1. The van der Waals surface area contributed by atoms with Gasteiger partial charge in [0.25, 0.3) is 5.91 Å². The van der Waals surface area contributed by atoms with E-state index in [0.29, 0.717) is 19.1 Å². The Labute approximate surface area is 167 Å². The second-order valence-electron chi connectivity index (χ2n) is 8.71. The highest BCUT2D eigenvalue weighted by Crippen LogP contribution is 2.40. The molecule has 0 radical (unpaired) electrons. The number of amides is 1. The van der Waals surface area contributed by atoms with Crippen LogP contribution in [0.25, 0.3) is 10.9 Å². The Morgan fingerprint density at radius 1 is 1.25 bits per heavy atom. The van der Waals surface area contributed by atoms with Gasteiger partial charge in [-0.3, -0.25) is 9.78 Å². The van der Waals surface area contributed by atoms with Gasteiger partial charge in [0.1, 0.15) is 0 Å². The molecule has 1 saturated heterocycles. The number of rotatable bonds is 6. The summed E-state index contributed by atoms with van der Waals surface area (Å²) >= 11 is 0. The zero-order valence-corrected chi connectivity index (χ0v) is 17.2. The number of benzene rings is 1. The molecule has 1 saturated carbocycles. The molecule has 0 atom stereocenters. The minimum Gasteiger partial charge on any atom is -0.384 e. The van der Waals surface area contributed by atoms with Gasteiger partial charge in [-0.05, 0) is 70.3 Å². The molecule has 2 aliphatic rings. The number of nitrogens with one attached hydrogen (secondary N) is 2. The van der Waals surface area contributed by atoms with E-state index in [1.165, 1.54) is 12.8 Å². The monoisotopic (exact) mass is 381 g/mol. The fourth-order valence-electron chi connectivity index (χ4n) is 4.48. The number of pyridine rings is 1. The zero-order chi connectivity index (χ0) is 19.7. The third kappa shape index (κ3) is 3.91. The highest BCUT2D eigenvalue weighted by molar-refractivity contribution is 6.07. The van der Waals surface area contributed by atoms with Crippen LogP contribution in [0.3, 0.4) is 0 Å². The summed E-state index contributed by atoms with van der Waals surface area (Å²) in [6, 6.07) is 6.27. The molecule has 1 aliphatic heterocycles. The van der Waals surface area contributed by atoms with E-state index in [9.17, 15) is 4.79 Å². The van der Waals surface area contributed by atoms with E-state index in [0.717, 1.165) is 59.2 Å². The average molecular weight is 382 g/mol. The number of nitrogens with zero attached hydrogens (tertiary/aromatic N) is 1. The first-order valence-electron chi connectivity index (χ1n) is 10.4. The second-order valence-corrected chi connectivity index (χ2v) is 8.71. The molecule has 1 aromatic carbocycles. The molecule has 4 rings (SSSR count). The van der Waals surface area contributed by atoms with Crippen LogP contribution in [0.4, 0.5) is 0 Å². The molecule has 0 spiro atoms. The van der Waals surface area contributed by atoms with Crippen LogP contribution in [0.5, 0.6) is 0 Å². The van der Waals surface area contributed by atoms with Gasteiger partial charge in [0.2, 0.25) is 0 Å². The summed E-state index contributed by atoms with van der Waals surface area (Å²) in [7, 11) is 1.75. The Balaban J connectivity index is 1.64. The number of ether oxygens (including phenoxy) is 1. The van der Waals surface area contributed by atoms with Gasteiger partial charge < -0.3 is 15.4 Å². The Kier molecular flexibility index (Phi) is 5.39. The highest BCUT2D eigenvalue weighted by atomic mass is 16.5. The van der Waals surface area contributed by atoms with Gasteiger partial charge in [-0.1, -0.05) is 11.6 Å². The lowest BCUT2D eigenvalue weighted by Gasteiger charge is -2.37. The Morgan fingerprint density at radius 2 is 2.00 bits per heavy atom. The first kappa shape index (κ1) is 19.3. The van der Waals surface area contributed by atoms with Crippen LogP contribution in [-0.2, 0) is 4.74 Å². The molecule has 2 heterocycles. The topological polar surface area (TPSA) is 63.2 Å². The maximum Gasteiger partial charge on any atom is 0.252 e. The van der Waals surface area contributed by atoms with Crippen LogP contribution >= 0.6 is 0 Å². The third-order valence-corrected chi connectivity index (χ3v) is 6.25. The van der Waals surface area contributed by atoms with E-state index in [2.05, 4.69) is 36.6 Å². The van der Waals surface area contributed by atoms with Crippen LogP contribution < -0.4 is 10.6 Å². The fraction of sp³-hybridized carbons (Fsp3) is 0.565. The van der Waals surface area contributed by atoms with Crippen molar-refractivity contribution < 1.29 is 9.53 Å². The smallest absolute Gasteiger partial charge is 0.252 e. The minimum atomic E-state index is 0.00770. The molecule has 5 heteroatoms. The molecule has 1 amide bonds. The van der Waals surface area contributed by atoms with E-state index in [-0.39, 0.29) is 11.3 Å². The third-order valence-electron chi connectivity index (χ3n) is 6.25. The van der Waals surface area contributed by atoms with Crippen molar-refractivity contribution in [3.63, 3.8) is 0 Å². The molecule has 2 aromatic rings. The number of carbonyl (C=O) groups is 1. The van der Waals surface area contributed by atoms with Crippen molar-refractivity contribution >= 4 is 16.8 Å². The summed E-state index contributed by atoms with van der Waals surface area (Å²) in [5.74, 6) is 0.522. The molecule has 1 aliphatic carbocycles. The summed E-state index contributed by atoms with van der Waals surface area (Å²) in [6.07, 6.45) is 4.39. The van der Waals surface area contributed by atoms with Crippen molar-refractivity contribution in [1.29, 1.82) is 0 Å². The Morgan fingerprint density at radius 3 is 2.68 bits per heavy atom. The fourth-order valence-corrected chi connectivity index (χ4v) is 4.48. The predicted octanol–water partition coefficient (Wildman–Crippen LogP) is 3.48. The SMILES string of the molecule is COCC1(CNC(=O)c2cc(C3CC3)nc3c(C)cc(C)cc23)CCNCC1.